The molecule has 0 saturated heterocycles. The van der Waals surface area contributed by atoms with Gasteiger partial charge in [-0.15, -0.1) is 0 Å². The van der Waals surface area contributed by atoms with Gasteiger partial charge >= 0.3 is 0 Å². The van der Waals surface area contributed by atoms with Gasteiger partial charge in [0.15, 0.2) is 0 Å². The minimum Gasteiger partial charge on any atom is -0.389 e. The molecule has 3 heteroatoms. The molecule has 1 fully saturated rings. The lowest BCUT2D eigenvalue weighted by atomic mass is 10.1. The molecule has 0 unspecified atom stereocenters. The molecule has 2 N–H and O–H groups in total. The molecule has 86 valence electrons. The molecule has 1 saturated carbocycles. The van der Waals surface area contributed by atoms with E-state index in [1.807, 2.05) is 12.1 Å². The van der Waals surface area contributed by atoms with E-state index in [4.69, 9.17) is 18.0 Å². The van der Waals surface area contributed by atoms with E-state index in [0.717, 1.165) is 24.7 Å². The summed E-state index contributed by atoms with van der Waals surface area (Å²) in [7, 11) is 0. The SMILES string of the molecule is CCN(Cc1cccc(C(N)=S)c1)C1CC1. The topological polar surface area (TPSA) is 29.3 Å². The molecule has 1 aromatic rings. The second-order valence-corrected chi connectivity index (χ2v) is 4.80. The Morgan fingerprint density at radius 3 is 2.81 bits per heavy atom. The normalized spacial score (nSPS) is 15.4. The molecule has 1 aromatic carbocycles. The van der Waals surface area contributed by atoms with E-state index >= 15 is 0 Å². The van der Waals surface area contributed by atoms with Gasteiger partial charge in [-0.1, -0.05) is 37.3 Å². The van der Waals surface area contributed by atoms with Gasteiger partial charge in [0, 0.05) is 18.2 Å². The van der Waals surface area contributed by atoms with Gasteiger partial charge in [-0.25, -0.2) is 0 Å². The second kappa shape index (κ2) is 4.93. The van der Waals surface area contributed by atoms with Gasteiger partial charge in [0.1, 0.15) is 4.99 Å². The Balaban J connectivity index is 2.07. The van der Waals surface area contributed by atoms with E-state index in [0.29, 0.717) is 4.99 Å². The Bertz CT molecular complexity index is 385. The first-order chi connectivity index (χ1) is 7.70. The van der Waals surface area contributed by atoms with Crippen LogP contribution < -0.4 is 5.73 Å². The van der Waals surface area contributed by atoms with Crippen LogP contribution in [0.2, 0.25) is 0 Å². The summed E-state index contributed by atoms with van der Waals surface area (Å²) in [6, 6.07) is 9.06. The van der Waals surface area contributed by atoms with E-state index in [1.54, 1.807) is 0 Å². The van der Waals surface area contributed by atoms with E-state index < -0.39 is 0 Å². The summed E-state index contributed by atoms with van der Waals surface area (Å²) in [5.41, 5.74) is 7.91. The fraction of sp³-hybridized carbons (Fsp3) is 0.462. The monoisotopic (exact) mass is 234 g/mol. The number of rotatable bonds is 5. The summed E-state index contributed by atoms with van der Waals surface area (Å²) < 4.78 is 0. The lowest BCUT2D eigenvalue weighted by Crippen LogP contribution is -2.25. The maximum absolute atomic E-state index is 5.64. The smallest absolute Gasteiger partial charge is 0.103 e. The van der Waals surface area contributed by atoms with Gasteiger partial charge in [0.25, 0.3) is 0 Å². The molecule has 2 nitrogen and oxygen atoms in total. The summed E-state index contributed by atoms with van der Waals surface area (Å²) in [6.07, 6.45) is 2.70. The predicted molar refractivity (Wildman–Crippen MR) is 71.4 cm³/mol. The Hall–Kier alpha value is -0.930. The van der Waals surface area contributed by atoms with Gasteiger partial charge in [-0.2, -0.15) is 0 Å². The molecule has 1 aliphatic carbocycles. The maximum Gasteiger partial charge on any atom is 0.103 e. The predicted octanol–water partition coefficient (Wildman–Crippen LogP) is 2.31. The first-order valence-electron chi connectivity index (χ1n) is 5.83. The van der Waals surface area contributed by atoms with Crippen molar-refractivity contribution in [2.45, 2.75) is 32.4 Å². The van der Waals surface area contributed by atoms with E-state index in [9.17, 15) is 0 Å². The molecule has 2 rings (SSSR count). The zero-order valence-electron chi connectivity index (χ0n) is 9.65. The lowest BCUT2D eigenvalue weighted by molar-refractivity contribution is 0.269. The number of thiocarbonyl (C=S) groups is 1. The second-order valence-electron chi connectivity index (χ2n) is 4.36. The van der Waals surface area contributed by atoms with Gasteiger partial charge in [0.2, 0.25) is 0 Å². The molecule has 0 atom stereocenters. The van der Waals surface area contributed by atoms with Crippen LogP contribution in [-0.4, -0.2) is 22.5 Å². The summed E-state index contributed by atoms with van der Waals surface area (Å²) in [5.74, 6) is 0. The molecule has 0 heterocycles. The third-order valence-corrected chi connectivity index (χ3v) is 3.30. The van der Waals surface area contributed by atoms with Crippen LogP contribution in [0.15, 0.2) is 24.3 Å². The van der Waals surface area contributed by atoms with E-state index in [1.165, 1.54) is 18.4 Å². The average Bonchev–Trinajstić information content (AvgIpc) is 3.10. The summed E-state index contributed by atoms with van der Waals surface area (Å²) >= 11 is 4.99. The van der Waals surface area contributed by atoms with E-state index in [2.05, 4.69) is 24.0 Å². The highest BCUT2D eigenvalue weighted by Gasteiger charge is 2.27. The van der Waals surface area contributed by atoms with Crippen molar-refractivity contribution < 1.29 is 0 Å². The molecule has 16 heavy (non-hydrogen) atoms. The first kappa shape index (κ1) is 11.6. The van der Waals surface area contributed by atoms with Crippen LogP contribution in [0, 0.1) is 0 Å². The van der Waals surface area contributed by atoms with Gasteiger partial charge in [0.05, 0.1) is 0 Å². The Labute approximate surface area is 102 Å². The third kappa shape index (κ3) is 2.80. The van der Waals surface area contributed by atoms with Crippen molar-refractivity contribution in [1.29, 1.82) is 0 Å². The minimum absolute atomic E-state index is 0.483. The number of hydrogen-bond acceptors (Lipinski definition) is 2. The van der Waals surface area contributed by atoms with Crippen molar-refractivity contribution in [3.05, 3.63) is 35.4 Å². The quantitative estimate of drug-likeness (QED) is 0.793. The molecule has 0 aromatic heterocycles. The van der Waals surface area contributed by atoms with Crippen LogP contribution >= 0.6 is 12.2 Å². The van der Waals surface area contributed by atoms with Gasteiger partial charge in [-0.05, 0) is 31.0 Å². The third-order valence-electron chi connectivity index (χ3n) is 3.07. The summed E-state index contributed by atoms with van der Waals surface area (Å²) in [4.78, 5) is 3.00. The number of benzene rings is 1. The highest BCUT2D eigenvalue weighted by Crippen LogP contribution is 2.27. The fourth-order valence-corrected chi connectivity index (χ4v) is 2.12. The van der Waals surface area contributed by atoms with Crippen molar-refractivity contribution in [2.75, 3.05) is 6.54 Å². The van der Waals surface area contributed by atoms with Gasteiger partial charge < -0.3 is 5.73 Å². The van der Waals surface area contributed by atoms with Crippen LogP contribution in [0.3, 0.4) is 0 Å². The highest BCUT2D eigenvalue weighted by molar-refractivity contribution is 7.80. The highest BCUT2D eigenvalue weighted by atomic mass is 32.1. The molecule has 1 aliphatic rings. The van der Waals surface area contributed by atoms with Crippen molar-refractivity contribution >= 4 is 17.2 Å². The molecule has 0 bridgehead atoms. The minimum atomic E-state index is 0.483. The lowest BCUT2D eigenvalue weighted by Gasteiger charge is -2.20. The molecular formula is C13H18N2S. The van der Waals surface area contributed by atoms with Crippen LogP contribution in [0.25, 0.3) is 0 Å². The maximum atomic E-state index is 5.64. The largest absolute Gasteiger partial charge is 0.389 e. The summed E-state index contributed by atoms with van der Waals surface area (Å²) in [6.45, 7) is 4.34. The zero-order valence-corrected chi connectivity index (χ0v) is 10.5. The molecule has 0 spiro atoms. The summed E-state index contributed by atoms with van der Waals surface area (Å²) in [5, 5.41) is 0. The molecule has 0 radical (unpaired) electrons. The van der Waals surface area contributed by atoms with Crippen molar-refractivity contribution in [3.8, 4) is 0 Å². The molecule has 0 amide bonds. The van der Waals surface area contributed by atoms with Crippen molar-refractivity contribution in [2.24, 2.45) is 5.73 Å². The number of hydrogen-bond donors (Lipinski definition) is 1. The van der Waals surface area contributed by atoms with Crippen LogP contribution in [0.5, 0.6) is 0 Å². The Kier molecular flexibility index (Phi) is 3.56. The molecular weight excluding hydrogens is 216 g/mol. The number of nitrogens with zero attached hydrogens (tertiary/aromatic N) is 1. The standard InChI is InChI=1S/C13H18N2S/c1-2-15(12-6-7-12)9-10-4-3-5-11(8-10)13(14)16/h3-5,8,12H,2,6-7,9H2,1H3,(H2,14,16). The Morgan fingerprint density at radius 1 is 1.50 bits per heavy atom. The first-order valence-corrected chi connectivity index (χ1v) is 6.24. The fourth-order valence-electron chi connectivity index (χ4n) is 2.00. The average molecular weight is 234 g/mol. The van der Waals surface area contributed by atoms with Crippen LogP contribution in [0.4, 0.5) is 0 Å². The molecule has 0 aliphatic heterocycles. The van der Waals surface area contributed by atoms with Crippen LogP contribution in [-0.2, 0) is 6.54 Å². The zero-order chi connectivity index (χ0) is 11.5. The number of nitrogens with two attached hydrogens (primary N) is 1. The van der Waals surface area contributed by atoms with Gasteiger partial charge in [-0.3, -0.25) is 4.90 Å². The van der Waals surface area contributed by atoms with E-state index in [-0.39, 0.29) is 0 Å². The van der Waals surface area contributed by atoms with Crippen LogP contribution in [0.1, 0.15) is 30.9 Å². The van der Waals surface area contributed by atoms with Crippen molar-refractivity contribution in [1.82, 2.24) is 4.90 Å². The van der Waals surface area contributed by atoms with Crippen molar-refractivity contribution in [3.63, 3.8) is 0 Å². The Morgan fingerprint density at radius 2 is 2.25 bits per heavy atom.